The zero-order chi connectivity index (χ0) is 53.9. The van der Waals surface area contributed by atoms with Crippen LogP contribution in [0, 0.1) is 17.9 Å². The molecule has 1 spiro atoms. The van der Waals surface area contributed by atoms with Gasteiger partial charge in [-0.2, -0.15) is 5.26 Å². The predicted molar refractivity (Wildman–Crippen MR) is 328 cm³/mol. The highest BCUT2D eigenvalue weighted by Crippen LogP contribution is 2.64. The van der Waals surface area contributed by atoms with Crippen LogP contribution in [0.25, 0.3) is 126 Å². The molecule has 0 unspecified atom stereocenters. The molecule has 0 fully saturated rings. The molecule has 9 heteroatoms. The quantitative estimate of drug-likeness (QED) is 0.164. The van der Waals surface area contributed by atoms with E-state index in [1.54, 1.807) is 0 Å². The molecule has 1 aliphatic heterocycles. The number of para-hydroxylation sites is 8. The Morgan fingerprint density at radius 3 is 1.18 bits per heavy atom. The average Bonchev–Trinajstić information content (AvgIpc) is 2.81. The van der Waals surface area contributed by atoms with E-state index in [1.165, 1.54) is 0 Å². The molecule has 0 amide bonds. The molecule has 0 saturated heterocycles. The van der Waals surface area contributed by atoms with Gasteiger partial charge in [-0.15, -0.1) is 0 Å². The van der Waals surface area contributed by atoms with Crippen LogP contribution in [0.2, 0.25) is 0 Å². The second-order valence-corrected chi connectivity index (χ2v) is 21.4. The maximum absolute atomic E-state index is 10.2. The summed E-state index contributed by atoms with van der Waals surface area (Å²) in [7, 11) is 0. The number of hydrogen-bond donors (Lipinski definition) is 0. The lowest BCUT2D eigenvalue weighted by molar-refractivity contribution is 0.433. The first-order chi connectivity index (χ1) is 40.6. The van der Waals surface area contributed by atoms with Crippen molar-refractivity contribution < 1.29 is 4.74 Å². The van der Waals surface area contributed by atoms with Crippen molar-refractivity contribution in [2.45, 2.75) is 5.41 Å². The van der Waals surface area contributed by atoms with Gasteiger partial charge in [-0.25, -0.2) is 4.85 Å². The Hall–Kier alpha value is -11.5. The van der Waals surface area contributed by atoms with Crippen LogP contribution >= 0.6 is 0 Å². The minimum absolute atomic E-state index is 0.574. The first-order valence-electron chi connectivity index (χ1n) is 27.4. The highest BCUT2D eigenvalue weighted by atomic mass is 16.5. The van der Waals surface area contributed by atoms with Crippen molar-refractivity contribution >= 4 is 92.9 Å². The SMILES string of the molecule is [C-]#[N+]c1ccc2c(c1)c1ccccc1n2-c1cccc2c1Oc1c(-n3c4ccccc4c4cc(C#N)ccc43)cccc1C21c2cc(-n3c4ccccc4c4ccccc43)cnc2-c2ncc(-n3c4ccccc4c4ccccc43)cc21. The number of rotatable bonds is 4. The summed E-state index contributed by atoms with van der Waals surface area (Å²) in [6, 6.07) is 83.5. The summed E-state index contributed by atoms with van der Waals surface area (Å²) in [6.07, 6.45) is 4.03. The Morgan fingerprint density at radius 2 is 0.756 bits per heavy atom. The van der Waals surface area contributed by atoms with Gasteiger partial charge in [0.25, 0.3) is 0 Å². The lowest BCUT2D eigenvalue weighted by atomic mass is 9.66. The van der Waals surface area contributed by atoms with E-state index in [0.29, 0.717) is 22.7 Å². The molecule has 378 valence electrons. The molecule has 18 rings (SSSR count). The number of fused-ring (bicyclic) bond motifs is 21. The van der Waals surface area contributed by atoms with Crippen molar-refractivity contribution in [1.82, 2.24) is 28.2 Å². The minimum atomic E-state index is -1.12. The smallest absolute Gasteiger partial charge is 0.188 e. The lowest BCUT2D eigenvalue weighted by Gasteiger charge is -2.40. The zero-order valence-corrected chi connectivity index (χ0v) is 43.6. The van der Waals surface area contributed by atoms with Gasteiger partial charge in [0.2, 0.25) is 0 Å². The average molecular weight is 1050 g/mol. The number of nitrogens with zero attached hydrogens (tertiary/aromatic N) is 8. The molecule has 16 aromatic rings. The minimum Gasteiger partial charge on any atom is -0.452 e. The van der Waals surface area contributed by atoms with Crippen LogP contribution in [0.4, 0.5) is 5.69 Å². The summed E-state index contributed by atoms with van der Waals surface area (Å²) < 4.78 is 17.2. The van der Waals surface area contributed by atoms with Gasteiger partial charge >= 0.3 is 0 Å². The van der Waals surface area contributed by atoms with Gasteiger partial charge in [0.15, 0.2) is 17.2 Å². The number of benzene rings is 10. The summed E-state index contributed by atoms with van der Waals surface area (Å²) in [4.78, 5) is 15.1. The maximum Gasteiger partial charge on any atom is 0.188 e. The van der Waals surface area contributed by atoms with E-state index in [1.807, 2.05) is 36.7 Å². The van der Waals surface area contributed by atoms with Gasteiger partial charge in [0.05, 0.1) is 114 Å². The monoisotopic (exact) mass is 1040 g/mol. The van der Waals surface area contributed by atoms with E-state index < -0.39 is 5.41 Å². The summed E-state index contributed by atoms with van der Waals surface area (Å²) in [5.41, 5.74) is 17.1. The zero-order valence-electron chi connectivity index (χ0n) is 43.6. The van der Waals surface area contributed by atoms with Crippen molar-refractivity contribution in [2.75, 3.05) is 0 Å². The summed E-state index contributed by atoms with van der Waals surface area (Å²) in [6.45, 7) is 8.05. The van der Waals surface area contributed by atoms with Crippen LogP contribution in [-0.2, 0) is 5.41 Å². The maximum atomic E-state index is 10.2. The van der Waals surface area contributed by atoms with E-state index >= 15 is 0 Å². The second-order valence-electron chi connectivity index (χ2n) is 21.4. The normalized spacial score (nSPS) is 13.0. The Bertz CT molecular complexity index is 5170. The van der Waals surface area contributed by atoms with Crippen molar-refractivity contribution in [2.24, 2.45) is 0 Å². The molecule has 10 aromatic carbocycles. The van der Waals surface area contributed by atoms with Crippen LogP contribution in [0.15, 0.2) is 243 Å². The van der Waals surface area contributed by atoms with Crippen molar-refractivity contribution in [1.29, 1.82) is 5.26 Å². The largest absolute Gasteiger partial charge is 0.452 e. The molecule has 0 atom stereocenters. The Kier molecular flexibility index (Phi) is 8.83. The fourth-order valence-corrected chi connectivity index (χ4v) is 14.3. The number of aromatic nitrogens is 6. The number of ether oxygens (including phenoxy) is 1. The number of nitriles is 1. The van der Waals surface area contributed by atoms with E-state index in [9.17, 15) is 5.26 Å². The standard InChI is InChI=1S/C73H40N8O/c1-75-44-33-35-66-54(37-44)52-21-7-13-29-64(52)81(66)68-31-15-23-56-72(68)82-71-55(22-14-30-67(71)80-63-28-12-6-20-51(63)53-36-43(40-74)32-34-65(53)80)73(56)57-38-45(78-59-24-8-2-16-47(59)48-17-3-9-25-60(48)78)41-76-69(57)70-58(73)39-46(42-77-70)79-61-26-10-4-18-49(61)50-19-5-11-27-62(50)79/h2-39,41-42H. The van der Waals surface area contributed by atoms with Crippen LogP contribution in [0.3, 0.4) is 0 Å². The topological polar surface area (TPSA) is 82.9 Å². The molecular weight excluding hydrogens is 1000 g/mol. The molecule has 82 heavy (non-hydrogen) atoms. The molecular formula is C73H40N8O. The molecule has 1 aliphatic carbocycles. The van der Waals surface area contributed by atoms with Crippen LogP contribution < -0.4 is 4.74 Å². The van der Waals surface area contributed by atoms with E-state index in [2.05, 4.69) is 235 Å². The summed E-state index contributed by atoms with van der Waals surface area (Å²) >= 11 is 0. The van der Waals surface area contributed by atoms with Gasteiger partial charge in [-0.3, -0.25) is 9.97 Å². The summed E-state index contributed by atoms with van der Waals surface area (Å²) in [5.74, 6) is 1.35. The van der Waals surface area contributed by atoms with Gasteiger partial charge in [-0.1, -0.05) is 140 Å². The molecule has 0 bridgehead atoms. The van der Waals surface area contributed by atoms with Crippen molar-refractivity contribution in [3.63, 3.8) is 0 Å². The molecule has 0 saturated carbocycles. The number of pyridine rings is 2. The molecule has 0 N–H and O–H groups in total. The highest BCUT2D eigenvalue weighted by molar-refractivity contribution is 6.13. The first kappa shape index (κ1) is 44.5. The third kappa shape index (κ3) is 5.67. The Morgan fingerprint density at radius 1 is 0.378 bits per heavy atom. The van der Waals surface area contributed by atoms with Crippen molar-refractivity contribution in [3.8, 4) is 51.7 Å². The fourth-order valence-electron chi connectivity index (χ4n) is 14.3. The number of hydrogen-bond acceptors (Lipinski definition) is 4. The Balaban J connectivity index is 1.02. The predicted octanol–water partition coefficient (Wildman–Crippen LogP) is 17.8. The Labute approximate surface area is 468 Å². The third-order valence-corrected chi connectivity index (χ3v) is 17.5. The van der Waals surface area contributed by atoms with Crippen LogP contribution in [0.1, 0.15) is 27.8 Å². The lowest BCUT2D eigenvalue weighted by Crippen LogP contribution is -2.33. The highest BCUT2D eigenvalue weighted by Gasteiger charge is 2.54. The molecule has 6 aromatic heterocycles. The second kappa shape index (κ2) is 16.3. The van der Waals surface area contributed by atoms with E-state index in [-0.39, 0.29) is 0 Å². The van der Waals surface area contributed by atoms with Crippen LogP contribution in [0.5, 0.6) is 11.5 Å². The molecule has 7 heterocycles. The van der Waals surface area contributed by atoms with Crippen molar-refractivity contribution in [3.05, 3.63) is 282 Å². The van der Waals surface area contributed by atoms with Gasteiger partial charge in [0.1, 0.15) is 0 Å². The van der Waals surface area contributed by atoms with Gasteiger partial charge in [-0.05, 0) is 96.4 Å². The summed E-state index contributed by atoms with van der Waals surface area (Å²) in [5, 5.41) is 18.9. The molecule has 0 radical (unpaired) electrons. The van der Waals surface area contributed by atoms with Gasteiger partial charge < -0.3 is 23.0 Å². The van der Waals surface area contributed by atoms with Crippen LogP contribution in [-0.4, -0.2) is 28.2 Å². The molecule has 9 nitrogen and oxygen atoms in total. The van der Waals surface area contributed by atoms with E-state index in [0.717, 1.165) is 144 Å². The third-order valence-electron chi connectivity index (χ3n) is 17.5. The fraction of sp³-hybridized carbons (Fsp3) is 0.0137. The van der Waals surface area contributed by atoms with Gasteiger partial charge in [0, 0.05) is 60.0 Å². The first-order valence-corrected chi connectivity index (χ1v) is 27.4. The molecule has 2 aliphatic rings. The van der Waals surface area contributed by atoms with E-state index in [4.69, 9.17) is 21.3 Å².